The van der Waals surface area contributed by atoms with Gasteiger partial charge in [-0.05, 0) is 82.8 Å². The maximum Gasteiger partial charge on any atom is 0.472 e. The van der Waals surface area contributed by atoms with E-state index >= 15 is 0 Å². The molecule has 0 saturated heterocycles. The number of aliphatic hydroxyl groups is 1. The van der Waals surface area contributed by atoms with Gasteiger partial charge in [0.05, 0.1) is 19.3 Å². The summed E-state index contributed by atoms with van der Waals surface area (Å²) >= 11 is 0. The molecule has 0 bridgehead atoms. The molecule has 0 radical (unpaired) electrons. The van der Waals surface area contributed by atoms with E-state index in [-0.39, 0.29) is 32.6 Å². The van der Waals surface area contributed by atoms with Crippen molar-refractivity contribution in [3.8, 4) is 0 Å². The maximum absolute atomic E-state index is 12.7. The first-order valence-electron chi connectivity index (χ1n) is 23.6. The van der Waals surface area contributed by atoms with Crippen molar-refractivity contribution in [3.05, 3.63) is 71.3 Å². The predicted octanol–water partition coefficient (Wildman–Crippen LogP) is 12.1. The summed E-state index contributed by atoms with van der Waals surface area (Å²) in [6, 6.07) is 0. The molecule has 1 aromatic heterocycles. The highest BCUT2D eigenvalue weighted by Crippen LogP contribution is 2.43. The van der Waals surface area contributed by atoms with Crippen LogP contribution in [0.25, 0.3) is 0 Å². The molecule has 1 unspecified atom stereocenters. The fourth-order valence-corrected chi connectivity index (χ4v) is 7.45. The molecule has 1 rings (SSSR count). The largest absolute Gasteiger partial charge is 0.472 e. The minimum absolute atomic E-state index is 0.0208. The van der Waals surface area contributed by atoms with Crippen molar-refractivity contribution in [3.63, 3.8) is 0 Å². The first-order valence-corrected chi connectivity index (χ1v) is 25.1. The number of hydrogen-bond acceptors (Lipinski definition) is 10. The molecule has 0 saturated carbocycles. The number of furan rings is 1. The molecule has 4 N–H and O–H groups in total. The highest BCUT2D eigenvalue weighted by molar-refractivity contribution is 7.47. The van der Waals surface area contributed by atoms with Crippen molar-refractivity contribution in [1.82, 2.24) is 0 Å². The lowest BCUT2D eigenvalue weighted by Crippen LogP contribution is -2.29. The van der Waals surface area contributed by atoms with Crippen LogP contribution in [0.3, 0.4) is 0 Å². The number of nitrogens with two attached hydrogens (primary N) is 1. The zero-order chi connectivity index (χ0) is 44.8. The number of rotatable bonds is 40. The van der Waals surface area contributed by atoms with E-state index in [0.717, 1.165) is 57.8 Å². The second-order valence-corrected chi connectivity index (χ2v) is 17.5. The summed E-state index contributed by atoms with van der Waals surface area (Å²) in [5.41, 5.74) is 8.02. The molecule has 11 nitrogen and oxygen atoms in total. The van der Waals surface area contributed by atoms with Crippen molar-refractivity contribution in [2.24, 2.45) is 5.73 Å². The van der Waals surface area contributed by atoms with Gasteiger partial charge in [0.15, 0.2) is 6.10 Å². The zero-order valence-electron chi connectivity index (χ0n) is 38.5. The SMILES string of the molecule is CCCCC/C=C\C/C=C\C/C=C\C=C\[C@@H](O)CCCC(=O)OC[C@H](COP(=O)(O)OCCN)OC(=O)CCCCCCCCCCCCc1oc(CCCCC)c(C)c1C. The average molecular weight is 878 g/mol. The number of aliphatic hydroxyl groups excluding tert-OH is 1. The lowest BCUT2D eigenvalue weighted by molar-refractivity contribution is -0.161. The number of allylic oxidation sites excluding steroid dienone is 7. The quantitative estimate of drug-likeness (QED) is 0.0189. The molecule has 0 amide bonds. The summed E-state index contributed by atoms with van der Waals surface area (Å²) in [5.74, 6) is 1.31. The number of phosphoric ester groups is 1. The molecule has 0 spiro atoms. The molecule has 1 aromatic rings. The molecule has 0 aliphatic carbocycles. The number of unbranched alkanes of at least 4 members (excludes halogenated alkanes) is 14. The van der Waals surface area contributed by atoms with Crippen molar-refractivity contribution in [2.75, 3.05) is 26.4 Å². The Kier molecular flexibility index (Phi) is 34.8. The molecular formula is C49H84NO10P. The summed E-state index contributed by atoms with van der Waals surface area (Å²) in [5, 5.41) is 10.3. The van der Waals surface area contributed by atoms with Crippen LogP contribution in [0.1, 0.15) is 184 Å². The van der Waals surface area contributed by atoms with Crippen LogP contribution in [0.2, 0.25) is 0 Å². The zero-order valence-corrected chi connectivity index (χ0v) is 39.4. The molecule has 0 aliphatic heterocycles. The van der Waals surface area contributed by atoms with E-state index in [1.54, 1.807) is 12.2 Å². The number of hydrogen-bond donors (Lipinski definition) is 3. The van der Waals surface area contributed by atoms with Crippen molar-refractivity contribution >= 4 is 19.8 Å². The Labute approximate surface area is 369 Å². The molecule has 61 heavy (non-hydrogen) atoms. The van der Waals surface area contributed by atoms with Crippen molar-refractivity contribution < 1.29 is 47.1 Å². The van der Waals surface area contributed by atoms with Gasteiger partial charge in [-0.1, -0.05) is 140 Å². The van der Waals surface area contributed by atoms with Gasteiger partial charge in [0.1, 0.15) is 18.1 Å². The Balaban J connectivity index is 2.30. The summed E-state index contributed by atoms with van der Waals surface area (Å²) in [7, 11) is -4.44. The van der Waals surface area contributed by atoms with Crippen molar-refractivity contribution in [2.45, 2.75) is 200 Å². The van der Waals surface area contributed by atoms with Gasteiger partial charge in [-0.15, -0.1) is 0 Å². The molecular weight excluding hydrogens is 794 g/mol. The summed E-state index contributed by atoms with van der Waals surface area (Å²) < 4.78 is 39.0. The summed E-state index contributed by atoms with van der Waals surface area (Å²) in [6.45, 7) is 7.81. The fraction of sp³-hybridized carbons (Fsp3) is 0.714. The predicted molar refractivity (Wildman–Crippen MR) is 247 cm³/mol. The van der Waals surface area contributed by atoms with Gasteiger partial charge >= 0.3 is 19.8 Å². The summed E-state index contributed by atoms with van der Waals surface area (Å²) in [6.07, 6.45) is 38.5. The van der Waals surface area contributed by atoms with Crippen LogP contribution in [0.4, 0.5) is 0 Å². The number of carbonyl (C=O) groups is 2. The topological polar surface area (TPSA) is 168 Å². The lowest BCUT2D eigenvalue weighted by atomic mass is 10.0. The average Bonchev–Trinajstić information content (AvgIpc) is 3.50. The van der Waals surface area contributed by atoms with E-state index in [1.807, 2.05) is 12.2 Å². The second kappa shape index (κ2) is 37.7. The van der Waals surface area contributed by atoms with Crippen molar-refractivity contribution in [1.29, 1.82) is 0 Å². The number of carbonyl (C=O) groups excluding carboxylic acids is 2. The summed E-state index contributed by atoms with van der Waals surface area (Å²) in [4.78, 5) is 35.1. The normalized spacial score (nSPS) is 14.1. The van der Waals surface area contributed by atoms with Gasteiger partial charge in [0.2, 0.25) is 0 Å². The second-order valence-electron chi connectivity index (χ2n) is 16.1. The Morgan fingerprint density at radius 2 is 1.25 bits per heavy atom. The maximum atomic E-state index is 12.7. The standard InChI is InChI=1S/C49H84NO10P/c1-5-7-9-10-11-12-13-14-15-18-21-24-28-32-44(51)33-31-37-48(52)56-40-45(41-58-61(54,55)57-39-38-50)59-49(53)36-30-26-23-20-17-16-19-22-25-29-35-47-43(4)42(3)46(60-47)34-27-8-6-2/h11-12,14-15,21,24,28,32,44-45,51H,5-10,13,16-20,22-23,25-27,29-31,33-41,50H2,1-4H3,(H,54,55)/b12-11-,15-14-,24-21-,32-28+/t44-,45-/m1/s1. The van der Waals surface area contributed by atoms with Crippen LogP contribution >= 0.6 is 7.82 Å². The molecule has 1 heterocycles. The van der Waals surface area contributed by atoms with Crippen LogP contribution < -0.4 is 5.73 Å². The molecule has 0 aromatic carbocycles. The van der Waals surface area contributed by atoms with E-state index in [2.05, 4.69) is 52.0 Å². The number of phosphoric acid groups is 1. The molecule has 12 heteroatoms. The van der Waals surface area contributed by atoms with Gasteiger partial charge in [-0.25, -0.2) is 4.57 Å². The van der Waals surface area contributed by atoms with Crippen LogP contribution in [-0.2, 0) is 45.5 Å². The Morgan fingerprint density at radius 1 is 0.689 bits per heavy atom. The Hall–Kier alpha value is -2.79. The number of ether oxygens (including phenoxy) is 2. The minimum Gasteiger partial charge on any atom is -0.466 e. The Morgan fingerprint density at radius 3 is 1.89 bits per heavy atom. The van der Waals surface area contributed by atoms with E-state index in [4.69, 9.17) is 28.7 Å². The molecule has 3 atom stereocenters. The molecule has 350 valence electrons. The van der Waals surface area contributed by atoms with Crippen LogP contribution in [-0.4, -0.2) is 60.5 Å². The van der Waals surface area contributed by atoms with Crippen LogP contribution in [0.15, 0.2) is 53.0 Å². The van der Waals surface area contributed by atoms with E-state index in [0.29, 0.717) is 19.3 Å². The van der Waals surface area contributed by atoms with Crippen LogP contribution in [0.5, 0.6) is 0 Å². The third-order valence-electron chi connectivity index (χ3n) is 10.5. The van der Waals surface area contributed by atoms with Gasteiger partial charge in [0.25, 0.3) is 0 Å². The van der Waals surface area contributed by atoms with Gasteiger partial charge in [-0.2, -0.15) is 0 Å². The monoisotopic (exact) mass is 878 g/mol. The first-order chi connectivity index (χ1) is 29.5. The lowest BCUT2D eigenvalue weighted by Gasteiger charge is -2.20. The van der Waals surface area contributed by atoms with E-state index < -0.39 is 38.6 Å². The highest BCUT2D eigenvalue weighted by atomic mass is 31.2. The minimum atomic E-state index is -4.44. The molecule has 0 aliphatic rings. The van der Waals surface area contributed by atoms with E-state index in [1.165, 1.54) is 93.3 Å². The Bertz CT molecular complexity index is 1430. The highest BCUT2D eigenvalue weighted by Gasteiger charge is 2.26. The first kappa shape index (κ1) is 56.2. The van der Waals surface area contributed by atoms with E-state index in [9.17, 15) is 24.2 Å². The van der Waals surface area contributed by atoms with Gasteiger partial charge in [-0.3, -0.25) is 18.6 Å². The van der Waals surface area contributed by atoms with Gasteiger partial charge < -0.3 is 29.6 Å². The third kappa shape index (κ3) is 31.7. The van der Waals surface area contributed by atoms with Crippen LogP contribution in [0, 0.1) is 13.8 Å². The fourth-order valence-electron chi connectivity index (χ4n) is 6.68. The number of aryl methyl sites for hydroxylation is 2. The third-order valence-corrected chi connectivity index (χ3v) is 11.5. The smallest absolute Gasteiger partial charge is 0.466 e. The number of esters is 2. The molecule has 0 fully saturated rings. The van der Waals surface area contributed by atoms with Gasteiger partial charge in [0, 0.05) is 32.2 Å².